The monoisotopic (exact) mass is 640 g/mol. The van der Waals surface area contributed by atoms with Crippen molar-refractivity contribution >= 4 is 0 Å². The second kappa shape index (κ2) is 18.3. The first-order valence-electron chi connectivity index (χ1n) is 16.7. The van der Waals surface area contributed by atoms with Crippen LogP contribution in [-0.2, 0) is 5.41 Å². The van der Waals surface area contributed by atoms with Gasteiger partial charge in [-0.3, -0.25) is 10.1 Å². The molecule has 0 saturated heterocycles. The fraction of sp³-hybridized carbons (Fsp3) is 0.639. The lowest BCUT2D eigenvalue weighted by molar-refractivity contribution is -0.526. The Balaban J connectivity index is 1.92. The third-order valence-electron chi connectivity index (χ3n) is 8.74. The number of hydrogen-bond donors (Lipinski definition) is 0. The zero-order chi connectivity index (χ0) is 33.5. The van der Waals surface area contributed by atoms with Crippen LogP contribution in [0, 0.1) is 27.4 Å². The van der Waals surface area contributed by atoms with E-state index in [-0.39, 0.29) is 30.3 Å². The van der Waals surface area contributed by atoms with E-state index in [2.05, 4.69) is 19.9 Å². The van der Waals surface area contributed by atoms with Crippen molar-refractivity contribution in [2.24, 2.45) is 5.92 Å². The van der Waals surface area contributed by atoms with Crippen LogP contribution in [0.4, 0.5) is 0 Å². The van der Waals surface area contributed by atoms with Crippen LogP contribution in [-0.4, -0.2) is 51.1 Å². The number of methoxy groups -OCH3 is 2. The van der Waals surface area contributed by atoms with Gasteiger partial charge in [0, 0.05) is 16.9 Å². The number of unbranched alkanes of at least 4 members (excludes halogenated alkanes) is 4. The minimum absolute atomic E-state index is 0.151. The van der Waals surface area contributed by atoms with Gasteiger partial charge in [-0.15, -0.1) is 0 Å². The van der Waals surface area contributed by atoms with Crippen molar-refractivity contribution < 1.29 is 33.3 Å². The lowest BCUT2D eigenvalue weighted by Gasteiger charge is -2.34. The Bertz CT molecular complexity index is 1290. The van der Waals surface area contributed by atoms with E-state index in [1.54, 1.807) is 20.3 Å². The molecule has 0 bridgehead atoms. The molecule has 3 unspecified atom stereocenters. The highest BCUT2D eigenvalue weighted by Crippen LogP contribution is 2.53. The summed E-state index contributed by atoms with van der Waals surface area (Å²) in [5, 5.41) is 23.1. The summed E-state index contributed by atoms with van der Waals surface area (Å²) < 4.78 is 36.1. The van der Waals surface area contributed by atoms with Crippen molar-refractivity contribution in [3.63, 3.8) is 0 Å². The number of fused-ring (bicyclic) bond motifs is 1. The molecule has 0 amide bonds. The molecule has 0 spiro atoms. The van der Waals surface area contributed by atoms with E-state index in [1.807, 2.05) is 38.1 Å². The molecule has 0 aromatic heterocycles. The highest BCUT2D eigenvalue weighted by Gasteiger charge is 2.42. The Morgan fingerprint density at radius 2 is 1.63 bits per heavy atom. The van der Waals surface area contributed by atoms with Gasteiger partial charge >= 0.3 is 0 Å². The highest BCUT2D eigenvalue weighted by atomic mass is 16.6. The summed E-state index contributed by atoms with van der Waals surface area (Å²) in [6, 6.07) is 11.0. The average Bonchev–Trinajstić information content (AvgIpc) is 3.06. The van der Waals surface area contributed by atoms with Crippen LogP contribution in [0.3, 0.4) is 0 Å². The number of hydrogen-bond acceptors (Lipinski definition) is 9. The Morgan fingerprint density at radius 1 is 0.978 bits per heavy atom. The number of benzene rings is 2. The Morgan fingerprint density at radius 3 is 2.22 bits per heavy atom. The molecule has 1 heterocycles. The van der Waals surface area contributed by atoms with Gasteiger partial charge in [-0.25, -0.2) is 0 Å². The van der Waals surface area contributed by atoms with E-state index in [1.165, 1.54) is 0 Å². The summed E-state index contributed by atoms with van der Waals surface area (Å²) in [5.74, 6) is 2.85. The van der Waals surface area contributed by atoms with Crippen LogP contribution >= 0.6 is 0 Å². The molecule has 2 aromatic carbocycles. The van der Waals surface area contributed by atoms with Crippen molar-refractivity contribution in [2.75, 3.05) is 34.0 Å². The average molecular weight is 641 g/mol. The van der Waals surface area contributed by atoms with Crippen molar-refractivity contribution in [2.45, 2.75) is 109 Å². The molecule has 254 valence electrons. The quantitative estimate of drug-likeness (QED) is 0.0753. The van der Waals surface area contributed by atoms with E-state index in [0.29, 0.717) is 66.1 Å². The number of rotatable bonds is 21. The Kier molecular flexibility index (Phi) is 14.6. The highest BCUT2D eigenvalue weighted by molar-refractivity contribution is 5.65. The van der Waals surface area contributed by atoms with Gasteiger partial charge < -0.3 is 28.4 Å². The van der Waals surface area contributed by atoms with Crippen LogP contribution in [0.1, 0.15) is 97.5 Å². The standard InChI is InChI=1S/C36H52N2O8/c1-7-9-13-20-43-32-23-29(33(44-21-14-10-8-2)35(42-6)34(32)41-5)36(25-37,26(3)4)19-15-16-27(38(39)40)22-28-24-45-30-17-11-12-18-31(30)46-28/h11-12,17-18,23,26-28H,7-10,13-16,19-22,24H2,1-6H3. The van der Waals surface area contributed by atoms with E-state index in [9.17, 15) is 15.4 Å². The largest absolute Gasteiger partial charge is 0.490 e. The molecule has 1 aliphatic rings. The van der Waals surface area contributed by atoms with Gasteiger partial charge in [0.1, 0.15) is 12.7 Å². The van der Waals surface area contributed by atoms with Gasteiger partial charge in [0.25, 0.3) is 0 Å². The van der Waals surface area contributed by atoms with Gasteiger partial charge in [0.2, 0.25) is 17.5 Å². The van der Waals surface area contributed by atoms with E-state index in [4.69, 9.17) is 28.4 Å². The van der Waals surface area contributed by atoms with Crippen LogP contribution in [0.2, 0.25) is 0 Å². The molecule has 2 aromatic rings. The van der Waals surface area contributed by atoms with Gasteiger partial charge in [-0.2, -0.15) is 5.26 Å². The Labute approximate surface area is 274 Å². The first-order valence-corrected chi connectivity index (χ1v) is 16.7. The topological polar surface area (TPSA) is 122 Å². The van der Waals surface area contributed by atoms with Crippen LogP contribution in [0.5, 0.6) is 34.5 Å². The smallest absolute Gasteiger partial charge is 0.216 e. The number of nitriles is 1. The van der Waals surface area contributed by atoms with Gasteiger partial charge in [0.05, 0.1) is 45.3 Å². The molecular formula is C36H52N2O8. The molecule has 0 radical (unpaired) electrons. The summed E-state index contributed by atoms with van der Waals surface area (Å²) in [7, 11) is 3.12. The lowest BCUT2D eigenvalue weighted by atomic mass is 9.69. The minimum Gasteiger partial charge on any atom is -0.490 e. The number of nitro groups is 1. The molecular weight excluding hydrogens is 588 g/mol. The Hall–Kier alpha value is -3.87. The minimum atomic E-state index is -1.04. The van der Waals surface area contributed by atoms with Crippen LogP contribution in [0.25, 0.3) is 0 Å². The molecule has 3 atom stereocenters. The number of para-hydroxylation sites is 2. The molecule has 0 fully saturated rings. The predicted molar refractivity (Wildman–Crippen MR) is 177 cm³/mol. The normalized spacial score (nSPS) is 15.8. The van der Waals surface area contributed by atoms with Crippen molar-refractivity contribution in [3.05, 3.63) is 46.0 Å². The maximum Gasteiger partial charge on any atom is 0.216 e. The van der Waals surface area contributed by atoms with Crippen LogP contribution < -0.4 is 28.4 Å². The second-order valence-electron chi connectivity index (χ2n) is 12.2. The zero-order valence-electron chi connectivity index (χ0n) is 28.5. The summed E-state index contributed by atoms with van der Waals surface area (Å²) in [6.45, 7) is 9.45. The van der Waals surface area contributed by atoms with Gasteiger partial charge in [-0.1, -0.05) is 65.5 Å². The zero-order valence-corrected chi connectivity index (χ0v) is 28.5. The fourth-order valence-electron chi connectivity index (χ4n) is 6.01. The number of ether oxygens (including phenoxy) is 6. The molecule has 1 aliphatic heterocycles. The second-order valence-corrected chi connectivity index (χ2v) is 12.2. The third-order valence-corrected chi connectivity index (χ3v) is 8.74. The van der Waals surface area contributed by atoms with E-state index < -0.39 is 17.6 Å². The van der Waals surface area contributed by atoms with Gasteiger partial charge in [-0.05, 0) is 49.8 Å². The van der Waals surface area contributed by atoms with Crippen LogP contribution in [0.15, 0.2) is 30.3 Å². The van der Waals surface area contributed by atoms with Crippen molar-refractivity contribution in [3.8, 4) is 40.6 Å². The molecule has 10 heteroatoms. The molecule has 3 rings (SSSR count). The molecule has 0 saturated carbocycles. The SMILES string of the molecule is CCCCCOc1cc(C(C#N)(CCCC(CC2COc3ccccc3O2)[N+](=O)[O-])C(C)C)c(OCCCCC)c(OC)c1OC. The fourth-order valence-corrected chi connectivity index (χ4v) is 6.01. The summed E-state index contributed by atoms with van der Waals surface area (Å²) in [4.78, 5) is 12.0. The molecule has 0 aliphatic carbocycles. The van der Waals surface area contributed by atoms with E-state index in [0.717, 1.165) is 38.5 Å². The van der Waals surface area contributed by atoms with Crippen molar-refractivity contribution in [1.29, 1.82) is 5.26 Å². The summed E-state index contributed by atoms with van der Waals surface area (Å²) in [6.07, 6.45) is 6.74. The third kappa shape index (κ3) is 9.11. The maximum absolute atomic E-state index is 12.2. The predicted octanol–water partition coefficient (Wildman–Crippen LogP) is 8.30. The molecule has 10 nitrogen and oxygen atoms in total. The van der Waals surface area contributed by atoms with Crippen molar-refractivity contribution in [1.82, 2.24) is 0 Å². The maximum atomic E-state index is 12.2. The summed E-state index contributed by atoms with van der Waals surface area (Å²) >= 11 is 0. The first kappa shape index (κ1) is 36.6. The molecule has 0 N–H and O–H groups in total. The van der Waals surface area contributed by atoms with Gasteiger partial charge in [0.15, 0.2) is 23.0 Å². The number of nitrogens with zero attached hydrogens (tertiary/aromatic N) is 2. The first-order chi connectivity index (χ1) is 22.3. The lowest BCUT2D eigenvalue weighted by Crippen LogP contribution is -2.36. The summed E-state index contributed by atoms with van der Waals surface area (Å²) in [5.41, 5.74) is -0.381. The van der Waals surface area contributed by atoms with E-state index >= 15 is 0 Å². The molecule has 46 heavy (non-hydrogen) atoms.